The first kappa shape index (κ1) is 22.4. The van der Waals surface area contributed by atoms with Crippen molar-refractivity contribution in [1.82, 2.24) is 0 Å². The molecule has 158 valence electrons. The molecule has 0 saturated carbocycles. The summed E-state index contributed by atoms with van der Waals surface area (Å²) in [5.41, 5.74) is 1.67. The fourth-order valence-electron chi connectivity index (χ4n) is 3.13. The molecule has 1 aliphatic rings. The zero-order valence-electron chi connectivity index (χ0n) is 18.1. The minimum absolute atomic E-state index is 0.473. The first-order valence-electron chi connectivity index (χ1n) is 10.5. The number of hydrogen-bond acceptors (Lipinski definition) is 4. The van der Waals surface area contributed by atoms with Crippen molar-refractivity contribution in [1.29, 1.82) is 0 Å². The van der Waals surface area contributed by atoms with Gasteiger partial charge in [-0.05, 0) is 64.5 Å². The third-order valence-corrected chi connectivity index (χ3v) is 7.89. The van der Waals surface area contributed by atoms with E-state index in [4.69, 9.17) is 18.1 Å². The zero-order valence-corrected chi connectivity index (χ0v) is 19.0. The van der Waals surface area contributed by atoms with Gasteiger partial charge in [0.25, 0.3) is 0 Å². The average Bonchev–Trinajstić information content (AvgIpc) is 2.88. The van der Waals surface area contributed by atoms with Crippen molar-refractivity contribution in [3.05, 3.63) is 71.8 Å². The van der Waals surface area contributed by atoms with Crippen molar-refractivity contribution in [2.75, 3.05) is 13.2 Å². The lowest BCUT2D eigenvalue weighted by Crippen LogP contribution is -2.41. The van der Waals surface area contributed by atoms with Crippen molar-refractivity contribution in [3.63, 3.8) is 0 Å². The van der Waals surface area contributed by atoms with E-state index in [-0.39, 0.29) is 0 Å². The quantitative estimate of drug-likeness (QED) is 0.324. The summed E-state index contributed by atoms with van der Waals surface area (Å²) < 4.78 is 25.0. The van der Waals surface area contributed by atoms with Crippen LogP contribution < -0.4 is 0 Å². The van der Waals surface area contributed by atoms with Crippen molar-refractivity contribution in [2.45, 2.75) is 64.6 Å². The van der Waals surface area contributed by atoms with E-state index in [1.807, 2.05) is 39.8 Å². The van der Waals surface area contributed by atoms with Crippen LogP contribution in [0.25, 0.3) is 0 Å². The maximum absolute atomic E-state index is 6.30. The molecule has 1 aliphatic heterocycles. The molecule has 1 fully saturated rings. The van der Waals surface area contributed by atoms with Crippen LogP contribution in [-0.4, -0.2) is 24.4 Å². The van der Waals surface area contributed by atoms with Crippen LogP contribution in [0.1, 0.15) is 51.7 Å². The van der Waals surface area contributed by atoms with Crippen LogP contribution in [0.2, 0.25) is 0 Å². The molecule has 3 rings (SSSR count). The van der Waals surface area contributed by atoms with Gasteiger partial charge in [-0.25, -0.2) is 0 Å². The van der Waals surface area contributed by atoms with E-state index in [1.165, 1.54) is 11.1 Å². The Morgan fingerprint density at radius 3 is 1.41 bits per heavy atom. The van der Waals surface area contributed by atoms with Crippen LogP contribution >= 0.6 is 8.17 Å². The Labute approximate surface area is 176 Å². The van der Waals surface area contributed by atoms with Gasteiger partial charge in [-0.2, -0.15) is 9.05 Å². The highest BCUT2D eigenvalue weighted by molar-refractivity contribution is 7.56. The Hall–Kier alpha value is -1.29. The summed E-state index contributed by atoms with van der Waals surface area (Å²) >= 11 is 0. The summed E-state index contributed by atoms with van der Waals surface area (Å²) in [4.78, 5) is 0. The Balaban J connectivity index is 1.54. The Morgan fingerprint density at radius 2 is 1.03 bits per heavy atom. The summed E-state index contributed by atoms with van der Waals surface area (Å²) in [6, 6.07) is 20.9. The standard InChI is InChI=1S/C24H34O4P/c1-23(2)24(3,4)28-29(27-23,25-19-11-17-21-13-7-5-8-14-21)26-20-12-18-22-15-9-6-10-16-22/h5-10,13-16H,11-12,17-20H2,1-4H3/q+1. The highest BCUT2D eigenvalue weighted by atomic mass is 31.2. The van der Waals surface area contributed by atoms with Crippen molar-refractivity contribution in [2.24, 2.45) is 0 Å². The van der Waals surface area contributed by atoms with Gasteiger partial charge < -0.3 is 0 Å². The van der Waals surface area contributed by atoms with Gasteiger partial charge in [0.15, 0.2) is 0 Å². The molecule has 0 atom stereocenters. The molecule has 5 heteroatoms. The molecule has 1 heterocycles. The molecule has 0 unspecified atom stereocenters. The second-order valence-electron chi connectivity index (χ2n) is 8.50. The highest BCUT2D eigenvalue weighted by Gasteiger charge is 2.69. The van der Waals surface area contributed by atoms with E-state index >= 15 is 0 Å². The predicted octanol–water partition coefficient (Wildman–Crippen LogP) is 6.57. The second-order valence-corrected chi connectivity index (χ2v) is 10.3. The number of aryl methyl sites for hydroxylation is 2. The van der Waals surface area contributed by atoms with Gasteiger partial charge in [-0.1, -0.05) is 60.7 Å². The van der Waals surface area contributed by atoms with Gasteiger partial charge in [0.2, 0.25) is 0 Å². The summed E-state index contributed by atoms with van der Waals surface area (Å²) in [6.07, 6.45) is 3.71. The van der Waals surface area contributed by atoms with Crippen molar-refractivity contribution in [3.8, 4) is 0 Å². The molecule has 1 saturated heterocycles. The largest absolute Gasteiger partial charge is 0.576 e. The van der Waals surface area contributed by atoms with Gasteiger partial charge in [-0.3, -0.25) is 0 Å². The van der Waals surface area contributed by atoms with Gasteiger partial charge in [0, 0.05) is 0 Å². The van der Waals surface area contributed by atoms with E-state index < -0.39 is 19.4 Å². The molecule has 2 aromatic carbocycles. The number of hydrogen-bond donors (Lipinski definition) is 0. The molecule has 0 N–H and O–H groups in total. The van der Waals surface area contributed by atoms with Gasteiger partial charge >= 0.3 is 8.17 Å². The molecule has 0 spiro atoms. The lowest BCUT2D eigenvalue weighted by Gasteiger charge is -2.23. The average molecular weight is 418 g/mol. The van der Waals surface area contributed by atoms with Crippen molar-refractivity contribution >= 4 is 8.17 Å². The van der Waals surface area contributed by atoms with Crippen LogP contribution in [-0.2, 0) is 30.9 Å². The minimum atomic E-state index is -2.83. The van der Waals surface area contributed by atoms with E-state index in [0.29, 0.717) is 13.2 Å². The number of benzene rings is 2. The first-order chi connectivity index (χ1) is 13.8. The van der Waals surface area contributed by atoms with Crippen molar-refractivity contribution < 1.29 is 18.1 Å². The maximum atomic E-state index is 6.30. The van der Waals surface area contributed by atoms with E-state index in [1.54, 1.807) is 0 Å². The lowest BCUT2D eigenvalue weighted by molar-refractivity contribution is 0.00578. The van der Waals surface area contributed by atoms with Gasteiger partial charge in [-0.15, -0.1) is 9.05 Å². The highest BCUT2D eigenvalue weighted by Crippen LogP contribution is 2.74. The third kappa shape index (κ3) is 6.10. The Kier molecular flexibility index (Phi) is 7.47. The molecular formula is C24H34O4P+. The Bertz CT molecular complexity index is 680. The molecule has 0 amide bonds. The zero-order chi connectivity index (χ0) is 20.8. The van der Waals surface area contributed by atoms with E-state index in [2.05, 4.69) is 48.5 Å². The SMILES string of the molecule is CC1(C)O[P+](OCCCc2ccccc2)(OCCCc2ccccc2)OC1(C)C. The summed E-state index contributed by atoms with van der Waals surface area (Å²) in [7, 11) is -2.83. The second kappa shape index (κ2) is 9.68. The minimum Gasteiger partial charge on any atom is -0.153 e. The molecule has 0 bridgehead atoms. The fraction of sp³-hybridized carbons (Fsp3) is 0.500. The molecule has 0 radical (unpaired) electrons. The van der Waals surface area contributed by atoms with Crippen LogP contribution in [0, 0.1) is 0 Å². The maximum Gasteiger partial charge on any atom is 0.576 e. The lowest BCUT2D eigenvalue weighted by atomic mass is 9.90. The summed E-state index contributed by atoms with van der Waals surface area (Å²) in [6.45, 7) is 9.25. The molecule has 4 nitrogen and oxygen atoms in total. The van der Waals surface area contributed by atoms with Gasteiger partial charge in [0.05, 0.1) is 0 Å². The third-order valence-electron chi connectivity index (χ3n) is 5.53. The molecule has 0 aliphatic carbocycles. The summed E-state index contributed by atoms with van der Waals surface area (Å²) in [5.74, 6) is 0. The van der Waals surface area contributed by atoms with Crippen LogP contribution in [0.3, 0.4) is 0 Å². The van der Waals surface area contributed by atoms with Crippen LogP contribution in [0.5, 0.6) is 0 Å². The summed E-state index contributed by atoms with van der Waals surface area (Å²) in [5, 5.41) is 0. The first-order valence-corrected chi connectivity index (χ1v) is 12.0. The van der Waals surface area contributed by atoms with E-state index in [9.17, 15) is 0 Å². The van der Waals surface area contributed by atoms with Crippen LogP contribution in [0.15, 0.2) is 60.7 Å². The predicted molar refractivity (Wildman–Crippen MR) is 119 cm³/mol. The molecular weight excluding hydrogens is 383 g/mol. The fourth-order valence-corrected chi connectivity index (χ4v) is 5.72. The normalized spacial score (nSPS) is 19.3. The Morgan fingerprint density at radius 1 is 0.655 bits per heavy atom. The topological polar surface area (TPSA) is 36.9 Å². The van der Waals surface area contributed by atoms with Crippen LogP contribution in [0.4, 0.5) is 0 Å². The smallest absolute Gasteiger partial charge is 0.153 e. The molecule has 2 aromatic rings. The van der Waals surface area contributed by atoms with Gasteiger partial charge in [0.1, 0.15) is 24.4 Å². The van der Waals surface area contributed by atoms with E-state index in [0.717, 1.165) is 25.7 Å². The molecule has 29 heavy (non-hydrogen) atoms. The number of rotatable bonds is 10. The monoisotopic (exact) mass is 417 g/mol. The molecule has 0 aromatic heterocycles.